The molecule has 0 unspecified atom stereocenters. The van der Waals surface area contributed by atoms with Crippen LogP contribution in [0.25, 0.3) is 0 Å². The Morgan fingerprint density at radius 2 is 1.79 bits per heavy atom. The van der Waals surface area contributed by atoms with Crippen LogP contribution >= 0.6 is 11.3 Å². The highest BCUT2D eigenvalue weighted by Crippen LogP contribution is 2.19. The van der Waals surface area contributed by atoms with Crippen molar-refractivity contribution in [2.24, 2.45) is 0 Å². The first-order valence-electron chi connectivity index (χ1n) is 6.83. The summed E-state index contributed by atoms with van der Waals surface area (Å²) in [5, 5.41) is 15.1. The number of carbonyl (C=O) groups is 2. The van der Waals surface area contributed by atoms with Gasteiger partial charge in [-0.15, -0.1) is 0 Å². The fraction of sp³-hybridized carbons (Fsp3) is 0.200. The first kappa shape index (κ1) is 18.0. The van der Waals surface area contributed by atoms with E-state index in [9.17, 15) is 23.1 Å². The number of para-hydroxylation sites is 1. The molecule has 2 aromatic rings. The number of benzene rings is 1. The molecule has 1 aromatic heterocycles. The third kappa shape index (κ3) is 3.74. The Morgan fingerprint density at radius 1 is 1.12 bits per heavy atom. The number of nitrogens with one attached hydrogen (secondary N) is 2. The molecule has 1 heterocycles. The van der Waals surface area contributed by atoms with Crippen LogP contribution in [0.5, 0.6) is 5.75 Å². The lowest BCUT2D eigenvalue weighted by Crippen LogP contribution is -2.55. The fourth-order valence-corrected chi connectivity index (χ4v) is 3.26. The molecule has 0 spiro atoms. The van der Waals surface area contributed by atoms with Gasteiger partial charge in [0, 0.05) is 5.38 Å². The third-order valence-electron chi connectivity index (χ3n) is 3.25. The van der Waals surface area contributed by atoms with Crippen molar-refractivity contribution in [2.45, 2.75) is 18.7 Å². The van der Waals surface area contributed by atoms with Gasteiger partial charge in [-0.1, -0.05) is 12.1 Å². The number of sulfonamides is 1. The van der Waals surface area contributed by atoms with E-state index in [1.807, 2.05) is 4.72 Å². The Hall–Kier alpha value is -2.39. The maximum Gasteiger partial charge on any atom is 0.265 e. The van der Waals surface area contributed by atoms with Crippen molar-refractivity contribution in [3.05, 3.63) is 52.2 Å². The number of thiophene rings is 1. The number of phenols is 1. The van der Waals surface area contributed by atoms with E-state index in [1.165, 1.54) is 60.9 Å². The molecule has 2 amide bonds. The molecule has 24 heavy (non-hydrogen) atoms. The number of phenolic OH excluding ortho intramolecular Hbond substituents is 1. The van der Waals surface area contributed by atoms with E-state index in [0.29, 0.717) is 0 Å². The van der Waals surface area contributed by atoms with E-state index in [2.05, 4.69) is 5.32 Å². The number of rotatable bonds is 5. The molecule has 1 aromatic carbocycles. The van der Waals surface area contributed by atoms with Crippen LogP contribution in [0.3, 0.4) is 0 Å². The molecule has 3 N–H and O–H groups in total. The highest BCUT2D eigenvalue weighted by atomic mass is 32.2. The lowest BCUT2D eigenvalue weighted by Gasteiger charge is -2.26. The second kappa shape index (κ2) is 6.62. The molecule has 0 aliphatic carbocycles. The van der Waals surface area contributed by atoms with Crippen LogP contribution in [0.4, 0.5) is 0 Å². The van der Waals surface area contributed by atoms with Crippen LogP contribution in [0.2, 0.25) is 0 Å². The second-order valence-electron chi connectivity index (χ2n) is 5.43. The molecule has 0 bridgehead atoms. The largest absolute Gasteiger partial charge is 0.507 e. The minimum absolute atomic E-state index is 0.0649. The van der Waals surface area contributed by atoms with Crippen LogP contribution in [0.15, 0.2) is 41.1 Å². The maximum atomic E-state index is 12.4. The van der Waals surface area contributed by atoms with Gasteiger partial charge in [-0.05, 0) is 37.4 Å². The Morgan fingerprint density at radius 3 is 2.38 bits per heavy atom. The molecule has 0 radical (unpaired) electrons. The molecule has 7 nitrogen and oxygen atoms in total. The topological polar surface area (TPSA) is 113 Å². The molecule has 0 atom stereocenters. The van der Waals surface area contributed by atoms with Crippen LogP contribution in [0, 0.1) is 0 Å². The van der Waals surface area contributed by atoms with Gasteiger partial charge in [0.15, 0.2) is 4.87 Å². The van der Waals surface area contributed by atoms with Crippen molar-refractivity contribution in [1.29, 1.82) is 0 Å². The summed E-state index contributed by atoms with van der Waals surface area (Å²) in [6.45, 7) is 2.49. The van der Waals surface area contributed by atoms with Crippen molar-refractivity contribution in [1.82, 2.24) is 10.0 Å². The summed E-state index contributed by atoms with van der Waals surface area (Å²) in [7, 11) is -4.21. The van der Waals surface area contributed by atoms with Gasteiger partial charge < -0.3 is 10.4 Å². The van der Waals surface area contributed by atoms with Gasteiger partial charge in [-0.25, -0.2) is 13.1 Å². The smallest absolute Gasteiger partial charge is 0.265 e. The molecule has 0 saturated carbocycles. The zero-order chi connectivity index (χ0) is 18.0. The highest BCUT2D eigenvalue weighted by Gasteiger charge is 2.38. The average Bonchev–Trinajstić information content (AvgIpc) is 3.00. The van der Waals surface area contributed by atoms with E-state index in [4.69, 9.17) is 0 Å². The van der Waals surface area contributed by atoms with Crippen molar-refractivity contribution >= 4 is 33.2 Å². The molecule has 9 heteroatoms. The normalized spacial score (nSPS) is 11.8. The Labute approximate surface area is 143 Å². The van der Waals surface area contributed by atoms with Gasteiger partial charge >= 0.3 is 0 Å². The molecule has 0 aliphatic rings. The van der Waals surface area contributed by atoms with Gasteiger partial charge in [0.1, 0.15) is 5.75 Å². The number of aromatic hydroxyl groups is 1. The molecule has 2 rings (SSSR count). The summed E-state index contributed by atoms with van der Waals surface area (Å²) in [5.41, 5.74) is 0.149. The first-order valence-corrected chi connectivity index (χ1v) is 9.26. The van der Waals surface area contributed by atoms with Crippen LogP contribution in [-0.2, 0) is 10.0 Å². The summed E-state index contributed by atoms with van der Waals surface area (Å²) < 4.78 is 26.7. The summed E-state index contributed by atoms with van der Waals surface area (Å²) in [4.78, 5) is 22.4. The summed E-state index contributed by atoms with van der Waals surface area (Å²) in [6.07, 6.45) is 0. The monoisotopic (exact) mass is 368 g/mol. The van der Waals surface area contributed by atoms with Crippen LogP contribution in [0.1, 0.15) is 34.6 Å². The Balaban J connectivity index is 2.17. The fourth-order valence-electron chi connectivity index (χ4n) is 1.78. The molecule has 0 saturated heterocycles. The number of amides is 2. The maximum absolute atomic E-state index is 12.4. The van der Waals surface area contributed by atoms with Gasteiger partial charge in [0.2, 0.25) is 0 Å². The summed E-state index contributed by atoms with van der Waals surface area (Å²) >= 11 is 1.26. The predicted molar refractivity (Wildman–Crippen MR) is 90.4 cm³/mol. The number of hydrogen-bond donors (Lipinski definition) is 3. The SMILES string of the molecule is CC(C)(NC(=O)c1ccccc1O)S(=O)(=O)NC(=O)c1ccsc1. The predicted octanol–water partition coefficient (Wildman–Crippen LogP) is 1.68. The molecule has 0 aliphatic heterocycles. The minimum atomic E-state index is -4.21. The highest BCUT2D eigenvalue weighted by molar-refractivity contribution is 7.91. The van der Waals surface area contributed by atoms with Crippen molar-refractivity contribution < 1.29 is 23.1 Å². The molecule has 0 fully saturated rings. The summed E-state index contributed by atoms with van der Waals surface area (Å²) in [5.74, 6) is -1.82. The van der Waals surface area contributed by atoms with E-state index in [0.717, 1.165) is 0 Å². The average molecular weight is 368 g/mol. The van der Waals surface area contributed by atoms with Crippen molar-refractivity contribution in [2.75, 3.05) is 0 Å². The van der Waals surface area contributed by atoms with Crippen molar-refractivity contribution in [3.8, 4) is 5.75 Å². The zero-order valence-electron chi connectivity index (χ0n) is 12.9. The van der Waals surface area contributed by atoms with Gasteiger partial charge in [0.05, 0.1) is 11.1 Å². The molecular weight excluding hydrogens is 352 g/mol. The quantitative estimate of drug-likeness (QED) is 0.743. The summed E-state index contributed by atoms with van der Waals surface area (Å²) in [6, 6.07) is 7.23. The molecule has 128 valence electrons. The van der Waals surface area contributed by atoms with E-state index >= 15 is 0 Å². The van der Waals surface area contributed by atoms with Crippen molar-refractivity contribution in [3.63, 3.8) is 0 Å². The number of carbonyl (C=O) groups excluding carboxylic acids is 2. The van der Waals surface area contributed by atoms with E-state index in [1.54, 1.807) is 5.38 Å². The van der Waals surface area contributed by atoms with Gasteiger partial charge in [0.25, 0.3) is 21.8 Å². The lowest BCUT2D eigenvalue weighted by atomic mass is 10.2. The zero-order valence-corrected chi connectivity index (χ0v) is 14.6. The second-order valence-corrected chi connectivity index (χ2v) is 8.44. The lowest BCUT2D eigenvalue weighted by molar-refractivity contribution is 0.0924. The van der Waals surface area contributed by atoms with Crippen LogP contribution < -0.4 is 10.0 Å². The first-order chi connectivity index (χ1) is 11.1. The molecular formula is C15H16N2O5S2. The van der Waals surface area contributed by atoms with E-state index < -0.39 is 26.7 Å². The Bertz CT molecular complexity index is 858. The number of hydrogen-bond acceptors (Lipinski definition) is 6. The van der Waals surface area contributed by atoms with Gasteiger partial charge in [-0.3, -0.25) is 9.59 Å². The van der Waals surface area contributed by atoms with E-state index in [-0.39, 0.29) is 16.9 Å². The Kier molecular flexibility index (Phi) is 4.95. The standard InChI is InChI=1S/C15H16N2O5S2/c1-15(2,16-14(20)11-5-3-4-6-12(11)18)24(21,22)17-13(19)10-7-8-23-9-10/h3-9,18H,1-2H3,(H,16,20)(H,17,19). The van der Waals surface area contributed by atoms with Crippen LogP contribution in [-0.4, -0.2) is 30.2 Å². The third-order valence-corrected chi connectivity index (χ3v) is 5.83. The minimum Gasteiger partial charge on any atom is -0.507 e. The van der Waals surface area contributed by atoms with Gasteiger partial charge in [-0.2, -0.15) is 11.3 Å².